The van der Waals surface area contributed by atoms with Crippen LogP contribution in [0.3, 0.4) is 0 Å². The summed E-state index contributed by atoms with van der Waals surface area (Å²) >= 11 is 0. The second-order valence-corrected chi connectivity index (χ2v) is 4.43. The number of ether oxygens (including phenoxy) is 3. The van der Waals surface area contributed by atoms with E-state index in [0.29, 0.717) is 11.3 Å². The maximum Gasteiger partial charge on any atom is 0.341 e. The van der Waals surface area contributed by atoms with E-state index in [1.165, 1.54) is 0 Å². The molecule has 1 aliphatic heterocycles. The molecular weight excluding hydrogens is 236 g/mol. The lowest BCUT2D eigenvalue weighted by Crippen LogP contribution is -2.36. The minimum atomic E-state index is -0.976. The van der Waals surface area contributed by atoms with E-state index < -0.39 is 17.7 Å². The van der Waals surface area contributed by atoms with Gasteiger partial charge < -0.3 is 14.2 Å². The van der Waals surface area contributed by atoms with Crippen LogP contribution in [0.25, 0.3) is 0 Å². The van der Waals surface area contributed by atoms with Gasteiger partial charge in [0.2, 0.25) is 5.79 Å². The third kappa shape index (κ3) is 3.35. The summed E-state index contributed by atoms with van der Waals surface area (Å²) in [6.45, 7) is 10.5. The molecule has 0 aromatic carbocycles. The SMILES string of the molecule is C=C(CC1=C(C)OC(C)(C)OC1=O)C(=O)OCC. The zero-order valence-electron chi connectivity index (χ0n) is 11.2. The highest BCUT2D eigenvalue weighted by Crippen LogP contribution is 2.29. The van der Waals surface area contributed by atoms with Crippen LogP contribution in [0.2, 0.25) is 0 Å². The fourth-order valence-electron chi connectivity index (χ4n) is 1.60. The highest BCUT2D eigenvalue weighted by atomic mass is 16.7. The third-order valence-electron chi connectivity index (χ3n) is 2.36. The number of hydrogen-bond acceptors (Lipinski definition) is 5. The molecule has 0 saturated heterocycles. The Hall–Kier alpha value is -1.78. The first-order valence-electron chi connectivity index (χ1n) is 5.74. The molecule has 0 N–H and O–H groups in total. The van der Waals surface area contributed by atoms with E-state index >= 15 is 0 Å². The average Bonchev–Trinajstić information content (AvgIpc) is 2.22. The summed E-state index contributed by atoms with van der Waals surface area (Å²) in [5.41, 5.74) is 0.499. The number of carbonyl (C=O) groups is 2. The Kier molecular flexibility index (Phi) is 4.16. The molecule has 0 radical (unpaired) electrons. The van der Waals surface area contributed by atoms with Gasteiger partial charge in [-0.15, -0.1) is 0 Å². The lowest BCUT2D eigenvalue weighted by molar-refractivity contribution is -0.207. The van der Waals surface area contributed by atoms with E-state index in [0.717, 1.165) is 0 Å². The lowest BCUT2D eigenvalue weighted by Gasteiger charge is -2.32. The van der Waals surface area contributed by atoms with Gasteiger partial charge in [0.25, 0.3) is 0 Å². The van der Waals surface area contributed by atoms with E-state index in [9.17, 15) is 9.59 Å². The minimum absolute atomic E-state index is 0.0690. The van der Waals surface area contributed by atoms with E-state index in [1.54, 1.807) is 27.7 Å². The second-order valence-electron chi connectivity index (χ2n) is 4.43. The molecule has 0 bridgehead atoms. The molecule has 100 valence electrons. The van der Waals surface area contributed by atoms with Crippen molar-refractivity contribution in [2.45, 2.75) is 39.9 Å². The number of cyclic esters (lactones) is 1. The molecule has 1 heterocycles. The van der Waals surface area contributed by atoms with Crippen LogP contribution < -0.4 is 0 Å². The first kappa shape index (κ1) is 14.3. The van der Waals surface area contributed by atoms with Gasteiger partial charge >= 0.3 is 11.9 Å². The predicted molar refractivity (Wildman–Crippen MR) is 64.3 cm³/mol. The summed E-state index contributed by atoms with van der Waals surface area (Å²) < 4.78 is 15.3. The quantitative estimate of drug-likeness (QED) is 0.567. The maximum atomic E-state index is 11.8. The van der Waals surface area contributed by atoms with Crippen LogP contribution in [0.1, 0.15) is 34.1 Å². The predicted octanol–water partition coefficient (Wildman–Crippen LogP) is 2.08. The van der Waals surface area contributed by atoms with Gasteiger partial charge in [-0.05, 0) is 13.8 Å². The maximum absolute atomic E-state index is 11.8. The molecule has 18 heavy (non-hydrogen) atoms. The first-order chi connectivity index (χ1) is 8.26. The topological polar surface area (TPSA) is 61.8 Å². The van der Waals surface area contributed by atoms with Crippen LogP contribution in [0.15, 0.2) is 23.5 Å². The molecule has 0 spiro atoms. The van der Waals surface area contributed by atoms with Crippen molar-refractivity contribution in [3.05, 3.63) is 23.5 Å². The summed E-state index contributed by atoms with van der Waals surface area (Å²) in [5.74, 6) is -1.54. The smallest absolute Gasteiger partial charge is 0.341 e. The van der Waals surface area contributed by atoms with Gasteiger partial charge in [-0.2, -0.15) is 0 Å². The van der Waals surface area contributed by atoms with Crippen molar-refractivity contribution < 1.29 is 23.8 Å². The molecule has 0 atom stereocenters. The minimum Gasteiger partial charge on any atom is -0.463 e. The standard InChI is InChI=1S/C13H18O5/c1-6-16-11(14)8(2)7-10-9(3)17-13(4,5)18-12(10)15/h2,6-7H2,1,3-5H3. The Morgan fingerprint density at radius 1 is 1.39 bits per heavy atom. The number of carbonyl (C=O) groups excluding carboxylic acids is 2. The fraction of sp³-hybridized carbons (Fsp3) is 0.538. The van der Waals surface area contributed by atoms with Crippen molar-refractivity contribution in [1.82, 2.24) is 0 Å². The summed E-state index contributed by atoms with van der Waals surface area (Å²) in [4.78, 5) is 23.2. The average molecular weight is 254 g/mol. The zero-order chi connectivity index (χ0) is 13.9. The van der Waals surface area contributed by atoms with Crippen LogP contribution >= 0.6 is 0 Å². The highest BCUT2D eigenvalue weighted by Gasteiger charge is 2.34. The number of hydrogen-bond donors (Lipinski definition) is 0. The monoisotopic (exact) mass is 254 g/mol. The molecule has 1 aliphatic rings. The van der Waals surface area contributed by atoms with Crippen molar-refractivity contribution in [3.63, 3.8) is 0 Å². The molecule has 0 aliphatic carbocycles. The molecule has 5 nitrogen and oxygen atoms in total. The zero-order valence-corrected chi connectivity index (χ0v) is 11.2. The molecule has 5 heteroatoms. The fourth-order valence-corrected chi connectivity index (χ4v) is 1.60. The van der Waals surface area contributed by atoms with Crippen LogP contribution in [0, 0.1) is 0 Å². The second kappa shape index (κ2) is 5.25. The van der Waals surface area contributed by atoms with Crippen LogP contribution in [0.4, 0.5) is 0 Å². The molecule has 1 rings (SSSR count). The summed E-state index contributed by atoms with van der Waals surface area (Å²) in [6.07, 6.45) is 0.0690. The largest absolute Gasteiger partial charge is 0.463 e. The van der Waals surface area contributed by atoms with E-state index in [2.05, 4.69) is 6.58 Å². The van der Waals surface area contributed by atoms with Gasteiger partial charge in [0, 0.05) is 25.8 Å². The number of allylic oxidation sites excluding steroid dienone is 1. The van der Waals surface area contributed by atoms with Crippen molar-refractivity contribution in [2.24, 2.45) is 0 Å². The van der Waals surface area contributed by atoms with Gasteiger partial charge in [0.15, 0.2) is 0 Å². The van der Waals surface area contributed by atoms with Crippen molar-refractivity contribution in [3.8, 4) is 0 Å². The van der Waals surface area contributed by atoms with E-state index in [-0.39, 0.29) is 18.6 Å². The van der Waals surface area contributed by atoms with Crippen molar-refractivity contribution in [1.29, 1.82) is 0 Å². The van der Waals surface area contributed by atoms with Crippen LogP contribution in [0.5, 0.6) is 0 Å². The van der Waals surface area contributed by atoms with E-state index in [1.807, 2.05) is 0 Å². The third-order valence-corrected chi connectivity index (χ3v) is 2.36. The Bertz CT molecular complexity index is 417. The summed E-state index contributed by atoms with van der Waals surface area (Å²) in [7, 11) is 0. The van der Waals surface area contributed by atoms with Gasteiger partial charge in [0.1, 0.15) is 5.76 Å². The highest BCUT2D eigenvalue weighted by molar-refractivity contribution is 5.95. The molecule has 0 aromatic heterocycles. The molecule has 0 unspecified atom stereocenters. The molecule has 0 fully saturated rings. The first-order valence-corrected chi connectivity index (χ1v) is 5.74. The number of rotatable bonds is 4. The summed E-state index contributed by atoms with van der Waals surface area (Å²) in [6, 6.07) is 0. The van der Waals surface area contributed by atoms with E-state index in [4.69, 9.17) is 14.2 Å². The Balaban J connectivity index is 2.81. The van der Waals surface area contributed by atoms with Gasteiger partial charge in [-0.25, -0.2) is 9.59 Å². The Morgan fingerprint density at radius 2 is 2.00 bits per heavy atom. The normalized spacial score (nSPS) is 17.9. The van der Waals surface area contributed by atoms with Crippen molar-refractivity contribution >= 4 is 11.9 Å². The van der Waals surface area contributed by atoms with Crippen LogP contribution in [-0.2, 0) is 23.8 Å². The molecular formula is C13H18O5. The molecule has 0 amide bonds. The van der Waals surface area contributed by atoms with Gasteiger partial charge in [0.05, 0.1) is 12.2 Å². The summed E-state index contributed by atoms with van der Waals surface area (Å²) in [5, 5.41) is 0. The molecule has 0 aromatic rings. The molecule has 0 saturated carbocycles. The lowest BCUT2D eigenvalue weighted by atomic mass is 10.0. The van der Waals surface area contributed by atoms with Gasteiger partial charge in [-0.1, -0.05) is 6.58 Å². The van der Waals surface area contributed by atoms with Crippen molar-refractivity contribution in [2.75, 3.05) is 6.61 Å². The number of esters is 2. The van der Waals surface area contributed by atoms with Gasteiger partial charge in [-0.3, -0.25) is 0 Å². The van der Waals surface area contributed by atoms with Crippen LogP contribution in [-0.4, -0.2) is 24.3 Å². The Morgan fingerprint density at radius 3 is 2.50 bits per heavy atom. The Labute approximate surface area is 106 Å².